The molecule has 0 aliphatic carbocycles. The van der Waals surface area contributed by atoms with Crippen molar-refractivity contribution < 1.29 is 9.90 Å². The fraction of sp³-hybridized carbons (Fsp3) is 0.667. The molecular formula is C9H16O2. The molecule has 2 nitrogen and oxygen atoms in total. The van der Waals surface area contributed by atoms with E-state index in [0.717, 1.165) is 12.8 Å². The zero-order valence-electron chi connectivity index (χ0n) is 7.42. The first-order valence-corrected chi connectivity index (χ1v) is 3.98. The lowest BCUT2D eigenvalue weighted by Gasteiger charge is -2.02. The van der Waals surface area contributed by atoms with E-state index in [4.69, 9.17) is 5.11 Å². The molecule has 0 radical (unpaired) electrons. The van der Waals surface area contributed by atoms with Crippen molar-refractivity contribution in [2.75, 3.05) is 0 Å². The summed E-state index contributed by atoms with van der Waals surface area (Å²) in [5.41, 5.74) is 0.449. The highest BCUT2D eigenvalue weighted by atomic mass is 16.4. The van der Waals surface area contributed by atoms with Crippen LogP contribution in [-0.2, 0) is 4.79 Å². The van der Waals surface area contributed by atoms with E-state index in [1.165, 1.54) is 0 Å². The van der Waals surface area contributed by atoms with Gasteiger partial charge >= 0.3 is 5.97 Å². The van der Waals surface area contributed by atoms with E-state index in [1.54, 1.807) is 13.0 Å². The van der Waals surface area contributed by atoms with Gasteiger partial charge in [-0.25, -0.2) is 4.79 Å². The summed E-state index contributed by atoms with van der Waals surface area (Å²) in [6.07, 6.45) is 3.76. The summed E-state index contributed by atoms with van der Waals surface area (Å²) in [6.45, 7) is 5.85. The monoisotopic (exact) mass is 156 g/mol. The molecule has 0 saturated heterocycles. The van der Waals surface area contributed by atoms with Crippen molar-refractivity contribution in [3.8, 4) is 0 Å². The molecule has 0 aromatic carbocycles. The first kappa shape index (κ1) is 10.2. The van der Waals surface area contributed by atoms with Crippen LogP contribution in [-0.4, -0.2) is 11.1 Å². The molecular weight excluding hydrogens is 140 g/mol. The lowest BCUT2D eigenvalue weighted by Crippen LogP contribution is -1.97. The van der Waals surface area contributed by atoms with Gasteiger partial charge in [0.1, 0.15) is 0 Å². The van der Waals surface area contributed by atoms with Gasteiger partial charge in [0, 0.05) is 5.57 Å². The highest BCUT2D eigenvalue weighted by molar-refractivity contribution is 5.85. The molecule has 2 heteroatoms. The predicted octanol–water partition coefficient (Wildman–Crippen LogP) is 2.45. The van der Waals surface area contributed by atoms with Crippen molar-refractivity contribution in [2.24, 2.45) is 5.92 Å². The smallest absolute Gasteiger partial charge is 0.330 e. The van der Waals surface area contributed by atoms with E-state index in [-0.39, 0.29) is 0 Å². The Morgan fingerprint density at radius 3 is 2.55 bits per heavy atom. The second kappa shape index (κ2) is 4.94. The maximum atomic E-state index is 10.3. The molecule has 0 saturated carbocycles. The Kier molecular flexibility index (Phi) is 4.59. The summed E-state index contributed by atoms with van der Waals surface area (Å²) in [7, 11) is 0. The molecule has 0 aliphatic heterocycles. The van der Waals surface area contributed by atoms with Crippen LogP contribution in [0.4, 0.5) is 0 Å². The molecule has 1 atom stereocenters. The minimum atomic E-state index is -0.812. The van der Waals surface area contributed by atoms with Crippen LogP contribution in [0.2, 0.25) is 0 Å². The second-order valence-electron chi connectivity index (χ2n) is 2.94. The molecule has 0 fully saturated rings. The molecule has 64 valence electrons. The second-order valence-corrected chi connectivity index (χ2v) is 2.94. The Bertz CT molecular complexity index is 159. The van der Waals surface area contributed by atoms with Gasteiger partial charge in [-0.05, 0) is 19.3 Å². The molecule has 0 aliphatic rings. The summed E-state index contributed by atoms with van der Waals surface area (Å²) in [5, 5.41) is 8.50. The van der Waals surface area contributed by atoms with Crippen molar-refractivity contribution in [2.45, 2.75) is 33.6 Å². The van der Waals surface area contributed by atoms with Gasteiger partial charge in [-0.3, -0.25) is 0 Å². The van der Waals surface area contributed by atoms with Crippen molar-refractivity contribution in [3.63, 3.8) is 0 Å². The molecule has 0 amide bonds. The summed E-state index contributed by atoms with van der Waals surface area (Å²) in [4.78, 5) is 10.3. The van der Waals surface area contributed by atoms with Gasteiger partial charge in [0.2, 0.25) is 0 Å². The van der Waals surface area contributed by atoms with Gasteiger partial charge in [0.15, 0.2) is 0 Å². The normalized spacial score (nSPS) is 14.6. The number of aliphatic carboxylic acids is 1. The number of carboxylic acids is 1. The fourth-order valence-corrected chi connectivity index (χ4v) is 0.632. The molecule has 0 spiro atoms. The standard InChI is InChI=1S/C9H16O2/c1-4-7(2)5-6-8(3)9(10)11/h6-7H,4-5H2,1-3H3,(H,10,11)/b8-6+. The number of allylic oxidation sites excluding steroid dienone is 1. The van der Waals surface area contributed by atoms with Gasteiger partial charge in [-0.1, -0.05) is 26.3 Å². The maximum absolute atomic E-state index is 10.3. The molecule has 1 unspecified atom stereocenters. The van der Waals surface area contributed by atoms with Crippen LogP contribution in [0.3, 0.4) is 0 Å². The maximum Gasteiger partial charge on any atom is 0.330 e. The van der Waals surface area contributed by atoms with Gasteiger partial charge in [0.25, 0.3) is 0 Å². The summed E-state index contributed by atoms with van der Waals surface area (Å²) in [5.74, 6) is -0.224. The van der Waals surface area contributed by atoms with Crippen molar-refractivity contribution in [3.05, 3.63) is 11.6 Å². The first-order chi connectivity index (χ1) is 5.07. The Morgan fingerprint density at radius 2 is 2.18 bits per heavy atom. The van der Waals surface area contributed by atoms with Gasteiger partial charge in [-0.2, -0.15) is 0 Å². The predicted molar refractivity (Wildman–Crippen MR) is 45.5 cm³/mol. The van der Waals surface area contributed by atoms with Crippen LogP contribution in [0.5, 0.6) is 0 Å². The molecule has 11 heavy (non-hydrogen) atoms. The highest BCUT2D eigenvalue weighted by Crippen LogP contribution is 2.08. The average molecular weight is 156 g/mol. The van der Waals surface area contributed by atoms with Crippen LogP contribution in [0.25, 0.3) is 0 Å². The van der Waals surface area contributed by atoms with Crippen LogP contribution >= 0.6 is 0 Å². The quantitative estimate of drug-likeness (QED) is 0.635. The van der Waals surface area contributed by atoms with Gasteiger partial charge in [-0.15, -0.1) is 0 Å². The Balaban J connectivity index is 3.82. The average Bonchev–Trinajstić information content (AvgIpc) is 1.99. The summed E-state index contributed by atoms with van der Waals surface area (Å²) >= 11 is 0. The number of hydrogen-bond acceptors (Lipinski definition) is 1. The lowest BCUT2D eigenvalue weighted by atomic mass is 10.0. The van der Waals surface area contributed by atoms with Crippen LogP contribution in [0, 0.1) is 5.92 Å². The van der Waals surface area contributed by atoms with E-state index in [0.29, 0.717) is 11.5 Å². The number of rotatable bonds is 4. The highest BCUT2D eigenvalue weighted by Gasteiger charge is 2.00. The molecule has 0 bridgehead atoms. The van der Waals surface area contributed by atoms with E-state index < -0.39 is 5.97 Å². The third-order valence-corrected chi connectivity index (χ3v) is 1.86. The Hall–Kier alpha value is -0.790. The Labute approximate surface area is 67.9 Å². The van der Waals surface area contributed by atoms with Gasteiger partial charge in [0.05, 0.1) is 0 Å². The minimum Gasteiger partial charge on any atom is -0.478 e. The largest absolute Gasteiger partial charge is 0.478 e. The number of carboxylic acid groups (broad SMARTS) is 1. The van der Waals surface area contributed by atoms with Gasteiger partial charge < -0.3 is 5.11 Å². The van der Waals surface area contributed by atoms with E-state index in [9.17, 15) is 4.79 Å². The third-order valence-electron chi connectivity index (χ3n) is 1.86. The zero-order chi connectivity index (χ0) is 8.85. The van der Waals surface area contributed by atoms with E-state index >= 15 is 0 Å². The van der Waals surface area contributed by atoms with Crippen molar-refractivity contribution in [1.29, 1.82) is 0 Å². The topological polar surface area (TPSA) is 37.3 Å². The fourth-order valence-electron chi connectivity index (χ4n) is 0.632. The summed E-state index contributed by atoms with van der Waals surface area (Å²) in [6, 6.07) is 0. The molecule has 0 aromatic rings. The van der Waals surface area contributed by atoms with Crippen LogP contribution < -0.4 is 0 Å². The molecule has 0 heterocycles. The molecule has 1 N–H and O–H groups in total. The van der Waals surface area contributed by atoms with E-state index in [1.807, 2.05) is 0 Å². The van der Waals surface area contributed by atoms with E-state index in [2.05, 4.69) is 13.8 Å². The Morgan fingerprint density at radius 1 is 1.64 bits per heavy atom. The SMILES string of the molecule is CCC(C)C/C=C(\C)C(=O)O. The molecule has 0 aromatic heterocycles. The van der Waals surface area contributed by atoms with Crippen LogP contribution in [0.15, 0.2) is 11.6 Å². The zero-order valence-corrected chi connectivity index (χ0v) is 7.42. The summed E-state index contributed by atoms with van der Waals surface area (Å²) < 4.78 is 0. The van der Waals surface area contributed by atoms with Crippen LogP contribution in [0.1, 0.15) is 33.6 Å². The third kappa shape index (κ3) is 4.59. The lowest BCUT2D eigenvalue weighted by molar-refractivity contribution is -0.132. The minimum absolute atomic E-state index is 0.449. The van der Waals surface area contributed by atoms with Crippen molar-refractivity contribution in [1.82, 2.24) is 0 Å². The first-order valence-electron chi connectivity index (χ1n) is 3.98. The number of hydrogen-bond donors (Lipinski definition) is 1. The molecule has 0 rings (SSSR count). The van der Waals surface area contributed by atoms with Crippen molar-refractivity contribution >= 4 is 5.97 Å². The number of carbonyl (C=O) groups is 1.